The van der Waals surface area contributed by atoms with Crippen LogP contribution in [0.1, 0.15) is 33.6 Å². The Morgan fingerprint density at radius 3 is 2.83 bits per heavy atom. The minimum absolute atomic E-state index is 0.0203. The fourth-order valence-corrected chi connectivity index (χ4v) is 3.64. The number of carbonyl (C=O) groups excluding carboxylic acids is 2. The maximum atomic E-state index is 11.8. The van der Waals surface area contributed by atoms with Gasteiger partial charge in [-0.25, -0.2) is 0 Å². The Morgan fingerprint density at radius 1 is 1.39 bits per heavy atom. The van der Waals surface area contributed by atoms with Gasteiger partial charge >= 0.3 is 5.97 Å². The maximum absolute atomic E-state index is 11.8. The van der Waals surface area contributed by atoms with Gasteiger partial charge in [0.2, 0.25) is 0 Å². The molecule has 0 N–H and O–H groups in total. The van der Waals surface area contributed by atoms with E-state index in [1.807, 2.05) is 19.9 Å². The summed E-state index contributed by atoms with van der Waals surface area (Å²) in [5.41, 5.74) is 1.97. The Labute approximate surface area is 107 Å². The van der Waals surface area contributed by atoms with Gasteiger partial charge in [0.25, 0.3) is 0 Å². The monoisotopic (exact) mass is 246 g/mol. The van der Waals surface area contributed by atoms with Crippen LogP contribution < -0.4 is 0 Å². The topological polar surface area (TPSA) is 43.4 Å². The third-order valence-corrected chi connectivity index (χ3v) is 4.94. The van der Waals surface area contributed by atoms with Crippen LogP contribution in [0.4, 0.5) is 0 Å². The number of hydrogen-bond acceptors (Lipinski definition) is 3. The molecule has 1 saturated heterocycles. The molecule has 3 aliphatic rings. The molecule has 1 aliphatic heterocycles. The van der Waals surface area contributed by atoms with Gasteiger partial charge < -0.3 is 4.74 Å². The summed E-state index contributed by atoms with van der Waals surface area (Å²) in [6, 6.07) is 0. The smallest absolute Gasteiger partial charge is 0.309 e. The summed E-state index contributed by atoms with van der Waals surface area (Å²) in [5.74, 6) is 0.232. The molecule has 0 unspecified atom stereocenters. The summed E-state index contributed by atoms with van der Waals surface area (Å²) in [6.07, 6.45) is 5.30. The number of rotatable bonds is 0. The fourth-order valence-electron chi connectivity index (χ4n) is 3.64. The molecule has 0 spiro atoms. The molecule has 2 fully saturated rings. The molecule has 0 radical (unpaired) electrons. The van der Waals surface area contributed by atoms with E-state index in [1.165, 1.54) is 5.57 Å². The summed E-state index contributed by atoms with van der Waals surface area (Å²) >= 11 is 0. The van der Waals surface area contributed by atoms with Crippen LogP contribution in [-0.2, 0) is 14.3 Å². The molecule has 0 aromatic carbocycles. The highest BCUT2D eigenvalue weighted by atomic mass is 16.6. The van der Waals surface area contributed by atoms with Crippen LogP contribution in [0.25, 0.3) is 0 Å². The molecule has 0 amide bonds. The lowest BCUT2D eigenvalue weighted by Crippen LogP contribution is -2.38. The Kier molecular flexibility index (Phi) is 2.31. The summed E-state index contributed by atoms with van der Waals surface area (Å²) < 4.78 is 5.47. The number of ether oxygens (including phenoxy) is 1. The van der Waals surface area contributed by atoms with E-state index >= 15 is 0 Å². The highest BCUT2D eigenvalue weighted by Crippen LogP contribution is 2.52. The minimum Gasteiger partial charge on any atom is -0.462 e. The number of ketones is 1. The largest absolute Gasteiger partial charge is 0.462 e. The first kappa shape index (κ1) is 11.7. The maximum Gasteiger partial charge on any atom is 0.309 e. The molecular weight excluding hydrogens is 228 g/mol. The first-order chi connectivity index (χ1) is 8.42. The van der Waals surface area contributed by atoms with Gasteiger partial charge in [-0.1, -0.05) is 25.5 Å². The second-order valence-corrected chi connectivity index (χ2v) is 6.05. The van der Waals surface area contributed by atoms with Gasteiger partial charge in [0.1, 0.15) is 6.10 Å². The second kappa shape index (κ2) is 3.56. The number of allylic oxidation sites excluding steroid dienone is 4. The van der Waals surface area contributed by atoms with Gasteiger partial charge in [0.05, 0.1) is 5.92 Å². The SMILES string of the molecule is CC1=C2C[C@H]3[C@@H](C[C@@]2(C)C=CC1=O)OC(=O)[C@@H]3C. The van der Waals surface area contributed by atoms with Gasteiger partial charge in [-0.05, 0) is 31.4 Å². The summed E-state index contributed by atoms with van der Waals surface area (Å²) in [5, 5.41) is 0. The van der Waals surface area contributed by atoms with E-state index in [2.05, 4.69) is 6.92 Å². The Hall–Kier alpha value is -1.38. The highest BCUT2D eigenvalue weighted by molar-refractivity contribution is 6.05. The molecule has 1 saturated carbocycles. The number of esters is 1. The second-order valence-electron chi connectivity index (χ2n) is 6.05. The molecular formula is C15H18O3. The van der Waals surface area contributed by atoms with Gasteiger partial charge in [-0.2, -0.15) is 0 Å². The normalized spacial score (nSPS) is 42.7. The van der Waals surface area contributed by atoms with Gasteiger partial charge in [-0.3, -0.25) is 9.59 Å². The highest BCUT2D eigenvalue weighted by Gasteiger charge is 2.51. The molecule has 0 bridgehead atoms. The van der Waals surface area contributed by atoms with Crippen molar-refractivity contribution in [3.63, 3.8) is 0 Å². The molecule has 4 atom stereocenters. The van der Waals surface area contributed by atoms with E-state index < -0.39 is 0 Å². The van der Waals surface area contributed by atoms with Crippen molar-refractivity contribution >= 4 is 11.8 Å². The lowest BCUT2D eigenvalue weighted by molar-refractivity contribution is -0.144. The molecule has 3 heteroatoms. The first-order valence-electron chi connectivity index (χ1n) is 6.57. The fraction of sp³-hybridized carbons (Fsp3) is 0.600. The van der Waals surface area contributed by atoms with Gasteiger partial charge in [0.15, 0.2) is 5.78 Å². The zero-order valence-electron chi connectivity index (χ0n) is 11.0. The summed E-state index contributed by atoms with van der Waals surface area (Å²) in [7, 11) is 0. The van der Waals surface area contributed by atoms with E-state index in [4.69, 9.17) is 4.74 Å². The van der Waals surface area contributed by atoms with E-state index in [0.29, 0.717) is 0 Å². The third-order valence-electron chi connectivity index (χ3n) is 4.94. The molecule has 18 heavy (non-hydrogen) atoms. The first-order valence-corrected chi connectivity index (χ1v) is 6.57. The van der Waals surface area contributed by atoms with Crippen molar-refractivity contribution in [2.75, 3.05) is 0 Å². The van der Waals surface area contributed by atoms with Gasteiger partial charge in [0, 0.05) is 11.3 Å². The zero-order chi connectivity index (χ0) is 13.1. The van der Waals surface area contributed by atoms with E-state index in [-0.39, 0.29) is 35.1 Å². The van der Waals surface area contributed by atoms with Crippen LogP contribution in [0, 0.1) is 17.3 Å². The number of hydrogen-bond donors (Lipinski definition) is 0. The molecule has 2 aliphatic carbocycles. The minimum atomic E-state index is -0.108. The van der Waals surface area contributed by atoms with Crippen molar-refractivity contribution in [3.05, 3.63) is 23.3 Å². The molecule has 3 rings (SSSR count). The molecule has 1 heterocycles. The van der Waals surface area contributed by atoms with Gasteiger partial charge in [-0.15, -0.1) is 0 Å². The lowest BCUT2D eigenvalue weighted by Gasteiger charge is -2.42. The van der Waals surface area contributed by atoms with Crippen molar-refractivity contribution in [1.29, 1.82) is 0 Å². The predicted octanol–water partition coefficient (Wildman–Crippen LogP) is 2.42. The van der Waals surface area contributed by atoms with Crippen molar-refractivity contribution < 1.29 is 14.3 Å². The number of carbonyl (C=O) groups is 2. The van der Waals surface area contributed by atoms with Crippen molar-refractivity contribution in [3.8, 4) is 0 Å². The predicted molar refractivity (Wildman–Crippen MR) is 66.7 cm³/mol. The van der Waals surface area contributed by atoms with Crippen molar-refractivity contribution in [1.82, 2.24) is 0 Å². The van der Waals surface area contributed by atoms with Crippen molar-refractivity contribution in [2.24, 2.45) is 17.3 Å². The van der Waals surface area contributed by atoms with E-state index in [0.717, 1.165) is 18.4 Å². The van der Waals surface area contributed by atoms with Crippen LogP contribution in [0.3, 0.4) is 0 Å². The van der Waals surface area contributed by atoms with Crippen LogP contribution in [-0.4, -0.2) is 17.9 Å². The zero-order valence-corrected chi connectivity index (χ0v) is 11.0. The van der Waals surface area contributed by atoms with Crippen molar-refractivity contribution in [2.45, 2.75) is 39.7 Å². The Morgan fingerprint density at radius 2 is 2.11 bits per heavy atom. The lowest BCUT2D eigenvalue weighted by atomic mass is 9.62. The van der Waals surface area contributed by atoms with Crippen LogP contribution in [0.5, 0.6) is 0 Å². The standard InChI is InChI=1S/C15H18O3/c1-8-10-6-11-9(2)12(16)4-5-15(11,3)7-13(10)18-14(8)17/h4-5,8,10,13H,6-7H2,1-3H3/t8-,10-,13-,15-/m1/s1. The summed E-state index contributed by atoms with van der Waals surface area (Å²) in [4.78, 5) is 23.5. The Balaban J connectivity index is 2.02. The third kappa shape index (κ3) is 1.43. The van der Waals surface area contributed by atoms with Crippen LogP contribution in [0.2, 0.25) is 0 Å². The quantitative estimate of drug-likeness (QED) is 0.616. The Bertz CT molecular complexity index is 500. The average molecular weight is 246 g/mol. The van der Waals surface area contributed by atoms with Crippen LogP contribution >= 0.6 is 0 Å². The van der Waals surface area contributed by atoms with E-state index in [1.54, 1.807) is 6.08 Å². The molecule has 0 aromatic heterocycles. The van der Waals surface area contributed by atoms with Crippen LogP contribution in [0.15, 0.2) is 23.3 Å². The van der Waals surface area contributed by atoms with E-state index in [9.17, 15) is 9.59 Å². The number of fused-ring (bicyclic) bond motifs is 2. The molecule has 96 valence electrons. The molecule has 3 nitrogen and oxygen atoms in total. The average Bonchev–Trinajstić information content (AvgIpc) is 2.58. The summed E-state index contributed by atoms with van der Waals surface area (Å²) in [6.45, 7) is 5.98. The molecule has 0 aromatic rings.